The summed E-state index contributed by atoms with van der Waals surface area (Å²) in [5.74, 6) is 0. The normalized spacial score (nSPS) is 12.2. The molecule has 0 atom stereocenters. The Balaban J connectivity index is 1.54. The van der Waals surface area contributed by atoms with Crippen molar-refractivity contribution >= 4 is 85.6 Å². The number of hydrogen-bond acceptors (Lipinski definition) is 1. The standard InChI is InChI=1S/C36H21NS/c1-2-10-22(11-3-1)37-33-16-8-6-14-25(33)31-18-27-23-12-4-5-13-24(23)28-19-32-26-15-7-9-17-35(26)38-36(32)21-30(28)29(27)20-34(31)37/h1-21H. The molecule has 0 amide bonds. The molecule has 0 N–H and O–H groups in total. The number of fused-ring (bicyclic) bond motifs is 12. The first kappa shape index (κ1) is 20.4. The molecule has 0 radical (unpaired) electrons. The zero-order valence-electron chi connectivity index (χ0n) is 20.5. The number of hydrogen-bond donors (Lipinski definition) is 0. The summed E-state index contributed by atoms with van der Waals surface area (Å²) in [6, 6.07) is 47.0. The van der Waals surface area contributed by atoms with Crippen LogP contribution in [0.25, 0.3) is 80.0 Å². The third-order valence-corrected chi connectivity index (χ3v) is 9.27. The number of thiophene rings is 1. The molecular weight excluding hydrogens is 478 g/mol. The predicted octanol–water partition coefficient (Wildman–Crippen LogP) is 10.6. The fourth-order valence-corrected chi connectivity index (χ4v) is 7.61. The summed E-state index contributed by atoms with van der Waals surface area (Å²) in [6.07, 6.45) is 0. The van der Waals surface area contributed by atoms with Gasteiger partial charge in [-0.3, -0.25) is 0 Å². The third kappa shape index (κ3) is 2.65. The van der Waals surface area contributed by atoms with Crippen molar-refractivity contribution in [2.75, 3.05) is 0 Å². The first-order chi connectivity index (χ1) is 18.8. The summed E-state index contributed by atoms with van der Waals surface area (Å²) in [6.45, 7) is 0. The van der Waals surface area contributed by atoms with E-state index in [0.29, 0.717) is 0 Å². The summed E-state index contributed by atoms with van der Waals surface area (Å²) in [5.41, 5.74) is 3.68. The van der Waals surface area contributed by atoms with Gasteiger partial charge in [0.15, 0.2) is 0 Å². The molecule has 0 saturated heterocycles. The molecule has 9 rings (SSSR count). The van der Waals surface area contributed by atoms with Gasteiger partial charge in [-0.05, 0) is 80.8 Å². The van der Waals surface area contributed by atoms with Gasteiger partial charge in [0.2, 0.25) is 0 Å². The molecular formula is C36H21NS. The summed E-state index contributed by atoms with van der Waals surface area (Å²) in [5, 5.41) is 13.2. The maximum atomic E-state index is 2.44. The maximum Gasteiger partial charge on any atom is 0.0547 e. The van der Waals surface area contributed by atoms with Gasteiger partial charge in [0, 0.05) is 36.6 Å². The Morgan fingerprint density at radius 3 is 1.71 bits per heavy atom. The minimum Gasteiger partial charge on any atom is -0.309 e. The van der Waals surface area contributed by atoms with E-state index in [1.807, 2.05) is 11.3 Å². The Morgan fingerprint density at radius 2 is 0.921 bits per heavy atom. The molecule has 176 valence electrons. The van der Waals surface area contributed by atoms with Crippen LogP contribution in [0.3, 0.4) is 0 Å². The van der Waals surface area contributed by atoms with E-state index in [-0.39, 0.29) is 0 Å². The second kappa shape index (κ2) is 7.44. The fraction of sp³-hybridized carbons (Fsp3) is 0. The third-order valence-electron chi connectivity index (χ3n) is 8.14. The number of nitrogens with zero attached hydrogens (tertiary/aromatic N) is 1. The van der Waals surface area contributed by atoms with E-state index in [0.717, 1.165) is 0 Å². The average Bonchev–Trinajstić information content (AvgIpc) is 3.51. The van der Waals surface area contributed by atoms with Crippen LogP contribution in [0, 0.1) is 0 Å². The lowest BCUT2D eigenvalue weighted by Gasteiger charge is -2.13. The van der Waals surface area contributed by atoms with Crippen LogP contribution < -0.4 is 0 Å². The first-order valence-electron chi connectivity index (χ1n) is 13.0. The van der Waals surface area contributed by atoms with Crippen molar-refractivity contribution in [2.45, 2.75) is 0 Å². The van der Waals surface area contributed by atoms with E-state index in [2.05, 4.69) is 132 Å². The Hall–Kier alpha value is -4.66. The van der Waals surface area contributed by atoms with Crippen molar-refractivity contribution in [2.24, 2.45) is 0 Å². The SMILES string of the molecule is c1ccc(-n2c3ccccc3c3cc4c5ccccc5c5cc6c(cc5c4cc32)sc2ccccc26)cc1. The van der Waals surface area contributed by atoms with Crippen molar-refractivity contribution in [1.29, 1.82) is 0 Å². The molecule has 2 aromatic heterocycles. The molecule has 1 nitrogen and oxygen atoms in total. The van der Waals surface area contributed by atoms with E-state index in [1.54, 1.807) is 0 Å². The highest BCUT2D eigenvalue weighted by atomic mass is 32.1. The van der Waals surface area contributed by atoms with Gasteiger partial charge in [0.05, 0.1) is 11.0 Å². The van der Waals surface area contributed by atoms with Crippen LogP contribution in [-0.4, -0.2) is 4.57 Å². The molecule has 2 heteroatoms. The molecule has 0 unspecified atom stereocenters. The molecule has 2 heterocycles. The van der Waals surface area contributed by atoms with Crippen LogP contribution in [0.1, 0.15) is 0 Å². The summed E-state index contributed by atoms with van der Waals surface area (Å²) in [7, 11) is 0. The van der Waals surface area contributed by atoms with Crippen molar-refractivity contribution in [1.82, 2.24) is 4.57 Å². The van der Waals surface area contributed by atoms with Gasteiger partial charge in [0.1, 0.15) is 0 Å². The lowest BCUT2D eigenvalue weighted by molar-refractivity contribution is 1.18. The van der Waals surface area contributed by atoms with Crippen molar-refractivity contribution in [3.8, 4) is 5.69 Å². The quantitative estimate of drug-likeness (QED) is 0.198. The highest BCUT2D eigenvalue weighted by molar-refractivity contribution is 7.25. The molecule has 0 fully saturated rings. The monoisotopic (exact) mass is 499 g/mol. The molecule has 0 spiro atoms. The maximum absolute atomic E-state index is 2.44. The topological polar surface area (TPSA) is 4.93 Å². The van der Waals surface area contributed by atoms with Gasteiger partial charge in [-0.25, -0.2) is 0 Å². The highest BCUT2D eigenvalue weighted by Gasteiger charge is 2.17. The Morgan fingerprint density at radius 1 is 0.342 bits per heavy atom. The lowest BCUT2D eigenvalue weighted by Crippen LogP contribution is -1.93. The van der Waals surface area contributed by atoms with E-state index >= 15 is 0 Å². The number of aromatic nitrogens is 1. The van der Waals surface area contributed by atoms with Crippen LogP contribution >= 0.6 is 11.3 Å². The fourth-order valence-electron chi connectivity index (χ4n) is 6.49. The molecule has 38 heavy (non-hydrogen) atoms. The number of rotatable bonds is 1. The largest absolute Gasteiger partial charge is 0.309 e. The zero-order valence-corrected chi connectivity index (χ0v) is 21.3. The first-order valence-corrected chi connectivity index (χ1v) is 13.8. The molecule has 0 bridgehead atoms. The Kier molecular flexibility index (Phi) is 3.99. The second-order valence-corrected chi connectivity index (χ2v) is 11.2. The van der Waals surface area contributed by atoms with Crippen molar-refractivity contribution in [3.63, 3.8) is 0 Å². The number of benzene rings is 7. The highest BCUT2D eigenvalue weighted by Crippen LogP contribution is 2.44. The second-order valence-electron chi connectivity index (χ2n) is 10.1. The summed E-state index contributed by atoms with van der Waals surface area (Å²) >= 11 is 1.89. The Labute approximate surface area is 222 Å². The van der Waals surface area contributed by atoms with Gasteiger partial charge in [0.25, 0.3) is 0 Å². The van der Waals surface area contributed by atoms with Gasteiger partial charge in [-0.2, -0.15) is 0 Å². The molecule has 0 aliphatic heterocycles. The van der Waals surface area contributed by atoms with E-state index in [9.17, 15) is 0 Å². The Bertz CT molecular complexity index is 2390. The molecule has 7 aromatic carbocycles. The van der Waals surface area contributed by atoms with E-state index < -0.39 is 0 Å². The van der Waals surface area contributed by atoms with Crippen LogP contribution in [0.2, 0.25) is 0 Å². The van der Waals surface area contributed by atoms with Crippen molar-refractivity contribution < 1.29 is 0 Å². The number of para-hydroxylation sites is 2. The van der Waals surface area contributed by atoms with Gasteiger partial charge in [-0.1, -0.05) is 78.9 Å². The van der Waals surface area contributed by atoms with Crippen LogP contribution in [0.5, 0.6) is 0 Å². The van der Waals surface area contributed by atoms with Gasteiger partial charge in [-0.15, -0.1) is 11.3 Å². The van der Waals surface area contributed by atoms with Crippen LogP contribution in [0.15, 0.2) is 127 Å². The summed E-state index contributed by atoms with van der Waals surface area (Å²) in [4.78, 5) is 0. The van der Waals surface area contributed by atoms with Gasteiger partial charge < -0.3 is 4.57 Å². The van der Waals surface area contributed by atoms with Crippen LogP contribution in [-0.2, 0) is 0 Å². The van der Waals surface area contributed by atoms with Crippen LogP contribution in [0.4, 0.5) is 0 Å². The minimum atomic E-state index is 1.19. The van der Waals surface area contributed by atoms with Crippen molar-refractivity contribution in [3.05, 3.63) is 127 Å². The smallest absolute Gasteiger partial charge is 0.0547 e. The predicted molar refractivity (Wildman–Crippen MR) is 166 cm³/mol. The minimum absolute atomic E-state index is 1.19. The van der Waals surface area contributed by atoms with Gasteiger partial charge >= 0.3 is 0 Å². The summed E-state index contributed by atoms with van der Waals surface area (Å²) < 4.78 is 5.11. The van der Waals surface area contributed by atoms with E-state index in [1.165, 1.54) is 80.0 Å². The molecule has 0 aliphatic rings. The molecule has 0 saturated carbocycles. The molecule has 0 aliphatic carbocycles. The average molecular weight is 500 g/mol. The lowest BCUT2D eigenvalue weighted by atomic mass is 9.92. The van der Waals surface area contributed by atoms with E-state index in [4.69, 9.17) is 0 Å². The molecule has 9 aromatic rings. The zero-order chi connectivity index (χ0) is 24.8.